The molecule has 18 heavy (non-hydrogen) atoms. The highest BCUT2D eigenvalue weighted by Gasteiger charge is 2.16. The summed E-state index contributed by atoms with van der Waals surface area (Å²) in [6.07, 6.45) is 0.635. The van der Waals surface area contributed by atoms with Gasteiger partial charge in [0.25, 0.3) is 0 Å². The molecule has 6 heteroatoms. The van der Waals surface area contributed by atoms with Crippen molar-refractivity contribution in [1.29, 1.82) is 0 Å². The van der Waals surface area contributed by atoms with Crippen molar-refractivity contribution in [2.24, 2.45) is 0 Å². The molecule has 0 spiro atoms. The van der Waals surface area contributed by atoms with Crippen LogP contribution < -0.4 is 0 Å². The molecule has 1 aromatic carbocycles. The van der Waals surface area contributed by atoms with E-state index in [0.717, 1.165) is 16.8 Å². The summed E-state index contributed by atoms with van der Waals surface area (Å²) in [6, 6.07) is 4.56. The van der Waals surface area contributed by atoms with Gasteiger partial charge >= 0.3 is 6.09 Å². The number of hydrogen-bond donors (Lipinski definition) is 0. The Morgan fingerprint density at radius 1 is 1.39 bits per heavy atom. The summed E-state index contributed by atoms with van der Waals surface area (Å²) >= 11 is 0. The van der Waals surface area contributed by atoms with Crippen LogP contribution in [0, 0.1) is 11.6 Å². The SMILES string of the molecule is CCOC(=O)n1nccc1-c1ccc(F)cc1F. The summed E-state index contributed by atoms with van der Waals surface area (Å²) in [7, 11) is 0. The van der Waals surface area contributed by atoms with Crippen molar-refractivity contribution in [2.75, 3.05) is 6.61 Å². The minimum atomic E-state index is -0.763. The van der Waals surface area contributed by atoms with Gasteiger partial charge in [0.15, 0.2) is 0 Å². The molecule has 0 bridgehead atoms. The molecule has 0 aliphatic carbocycles. The van der Waals surface area contributed by atoms with Gasteiger partial charge in [0.2, 0.25) is 0 Å². The molecule has 1 aromatic heterocycles. The number of nitrogens with zero attached hydrogens (tertiary/aromatic N) is 2. The molecule has 0 fully saturated rings. The molecule has 0 saturated heterocycles. The highest BCUT2D eigenvalue weighted by molar-refractivity contribution is 5.77. The monoisotopic (exact) mass is 252 g/mol. The average molecular weight is 252 g/mol. The van der Waals surface area contributed by atoms with E-state index in [9.17, 15) is 13.6 Å². The van der Waals surface area contributed by atoms with Crippen molar-refractivity contribution in [3.63, 3.8) is 0 Å². The maximum absolute atomic E-state index is 13.6. The third-order valence-electron chi connectivity index (χ3n) is 2.29. The third-order valence-corrected chi connectivity index (χ3v) is 2.29. The number of carbonyl (C=O) groups is 1. The number of benzene rings is 1. The summed E-state index contributed by atoms with van der Waals surface area (Å²) in [5.74, 6) is -1.44. The second-order valence-electron chi connectivity index (χ2n) is 3.45. The van der Waals surface area contributed by atoms with Gasteiger partial charge in [0.1, 0.15) is 11.6 Å². The Morgan fingerprint density at radius 3 is 2.83 bits per heavy atom. The number of rotatable bonds is 2. The molecule has 0 aliphatic heterocycles. The molecular formula is C12H10F2N2O2. The van der Waals surface area contributed by atoms with Crippen LogP contribution in [0.1, 0.15) is 6.92 Å². The lowest BCUT2D eigenvalue weighted by Gasteiger charge is -2.07. The van der Waals surface area contributed by atoms with Gasteiger partial charge in [-0.05, 0) is 25.1 Å². The molecule has 0 amide bonds. The fourth-order valence-electron chi connectivity index (χ4n) is 1.53. The Labute approximate surface area is 102 Å². The zero-order chi connectivity index (χ0) is 13.1. The Kier molecular flexibility index (Phi) is 3.36. The van der Waals surface area contributed by atoms with Crippen molar-refractivity contribution in [1.82, 2.24) is 9.78 Å². The highest BCUT2D eigenvalue weighted by atomic mass is 19.1. The Balaban J connectivity index is 2.45. The molecule has 2 aromatic rings. The number of halogens is 2. The van der Waals surface area contributed by atoms with Crippen LogP contribution in [0.3, 0.4) is 0 Å². The first-order valence-electron chi connectivity index (χ1n) is 5.30. The zero-order valence-corrected chi connectivity index (χ0v) is 9.56. The molecule has 2 rings (SSSR count). The first kappa shape index (κ1) is 12.2. The highest BCUT2D eigenvalue weighted by Crippen LogP contribution is 2.23. The Bertz CT molecular complexity index is 581. The van der Waals surface area contributed by atoms with Gasteiger partial charge in [-0.3, -0.25) is 0 Å². The largest absolute Gasteiger partial charge is 0.448 e. The standard InChI is InChI=1S/C12H10F2N2O2/c1-2-18-12(17)16-11(5-6-15-16)9-4-3-8(13)7-10(9)14/h3-7H,2H2,1H3. The average Bonchev–Trinajstić information content (AvgIpc) is 2.78. The summed E-state index contributed by atoms with van der Waals surface area (Å²) < 4.78 is 32.1. The van der Waals surface area contributed by atoms with Gasteiger partial charge in [0, 0.05) is 11.6 Å². The predicted molar refractivity (Wildman–Crippen MR) is 60.0 cm³/mol. The first-order valence-corrected chi connectivity index (χ1v) is 5.30. The molecule has 4 nitrogen and oxygen atoms in total. The van der Waals surface area contributed by atoms with Crippen molar-refractivity contribution < 1.29 is 18.3 Å². The molecule has 0 saturated carbocycles. The molecule has 94 valence electrons. The molecular weight excluding hydrogens is 242 g/mol. The number of aromatic nitrogens is 2. The summed E-state index contributed by atoms with van der Waals surface area (Å²) in [4.78, 5) is 11.6. The van der Waals surface area contributed by atoms with Crippen LogP contribution in [0.4, 0.5) is 13.6 Å². The van der Waals surface area contributed by atoms with Crippen LogP contribution in [0.25, 0.3) is 11.3 Å². The fourth-order valence-corrected chi connectivity index (χ4v) is 1.53. The fraction of sp³-hybridized carbons (Fsp3) is 0.167. The Morgan fingerprint density at radius 2 is 2.17 bits per heavy atom. The van der Waals surface area contributed by atoms with Crippen LogP contribution in [0.2, 0.25) is 0 Å². The second kappa shape index (κ2) is 4.95. The van der Waals surface area contributed by atoms with Crippen molar-refractivity contribution in [3.8, 4) is 11.3 Å². The molecule has 0 N–H and O–H groups in total. The lowest BCUT2D eigenvalue weighted by molar-refractivity contribution is 0.151. The van der Waals surface area contributed by atoms with E-state index in [0.29, 0.717) is 0 Å². The molecule has 0 aliphatic rings. The van der Waals surface area contributed by atoms with Gasteiger partial charge in [-0.15, -0.1) is 0 Å². The quantitative estimate of drug-likeness (QED) is 0.825. The van der Waals surface area contributed by atoms with Crippen molar-refractivity contribution in [3.05, 3.63) is 42.1 Å². The van der Waals surface area contributed by atoms with E-state index < -0.39 is 17.7 Å². The summed E-state index contributed by atoms with van der Waals surface area (Å²) in [6.45, 7) is 1.84. The van der Waals surface area contributed by atoms with E-state index in [2.05, 4.69) is 5.10 Å². The number of hydrogen-bond acceptors (Lipinski definition) is 3. The predicted octanol–water partition coefficient (Wildman–Crippen LogP) is 2.83. The molecule has 1 heterocycles. The second-order valence-corrected chi connectivity index (χ2v) is 3.45. The van der Waals surface area contributed by atoms with Gasteiger partial charge in [0.05, 0.1) is 18.5 Å². The minimum absolute atomic E-state index is 0.0851. The van der Waals surface area contributed by atoms with E-state index in [4.69, 9.17) is 4.74 Å². The van der Waals surface area contributed by atoms with Crippen LogP contribution in [-0.4, -0.2) is 22.5 Å². The third kappa shape index (κ3) is 2.22. The van der Waals surface area contributed by atoms with E-state index in [-0.39, 0.29) is 17.9 Å². The van der Waals surface area contributed by atoms with Crippen LogP contribution in [0.5, 0.6) is 0 Å². The maximum Gasteiger partial charge on any atom is 0.435 e. The summed E-state index contributed by atoms with van der Waals surface area (Å²) in [5, 5.41) is 3.76. The zero-order valence-electron chi connectivity index (χ0n) is 9.56. The van der Waals surface area contributed by atoms with Crippen molar-refractivity contribution in [2.45, 2.75) is 6.92 Å². The first-order chi connectivity index (χ1) is 8.63. The lowest BCUT2D eigenvalue weighted by Crippen LogP contribution is -2.16. The minimum Gasteiger partial charge on any atom is -0.448 e. The van der Waals surface area contributed by atoms with Crippen LogP contribution >= 0.6 is 0 Å². The molecule has 0 unspecified atom stereocenters. The van der Waals surface area contributed by atoms with Gasteiger partial charge in [-0.1, -0.05) is 0 Å². The molecule has 0 radical (unpaired) electrons. The van der Waals surface area contributed by atoms with E-state index in [1.807, 2.05) is 0 Å². The van der Waals surface area contributed by atoms with E-state index in [1.54, 1.807) is 6.92 Å². The lowest BCUT2D eigenvalue weighted by atomic mass is 10.1. The van der Waals surface area contributed by atoms with E-state index in [1.165, 1.54) is 18.3 Å². The van der Waals surface area contributed by atoms with Crippen LogP contribution in [-0.2, 0) is 4.74 Å². The smallest absolute Gasteiger partial charge is 0.435 e. The molecule has 0 atom stereocenters. The van der Waals surface area contributed by atoms with Crippen molar-refractivity contribution >= 4 is 6.09 Å². The number of ether oxygens (including phenoxy) is 1. The van der Waals surface area contributed by atoms with Gasteiger partial charge in [-0.2, -0.15) is 9.78 Å². The van der Waals surface area contributed by atoms with Gasteiger partial charge in [-0.25, -0.2) is 13.6 Å². The van der Waals surface area contributed by atoms with Gasteiger partial charge < -0.3 is 4.74 Å². The Hall–Kier alpha value is -2.24. The topological polar surface area (TPSA) is 44.1 Å². The maximum atomic E-state index is 13.6. The van der Waals surface area contributed by atoms with Crippen LogP contribution in [0.15, 0.2) is 30.5 Å². The van der Waals surface area contributed by atoms with E-state index >= 15 is 0 Å². The summed E-state index contributed by atoms with van der Waals surface area (Å²) in [5.41, 5.74) is 0.299. The normalized spacial score (nSPS) is 10.4. The number of carbonyl (C=O) groups excluding carboxylic acids is 1.